The third-order valence-electron chi connectivity index (χ3n) is 3.30. The van der Waals surface area contributed by atoms with E-state index >= 15 is 0 Å². The molecule has 0 spiro atoms. The van der Waals surface area contributed by atoms with E-state index in [2.05, 4.69) is 20.6 Å². The molecule has 0 bridgehead atoms. The summed E-state index contributed by atoms with van der Waals surface area (Å²) in [5.74, 6) is 0.984. The van der Waals surface area contributed by atoms with Crippen LogP contribution in [0, 0.1) is 0 Å². The summed E-state index contributed by atoms with van der Waals surface area (Å²) in [5.41, 5.74) is 2.10. The molecule has 0 aliphatic rings. The minimum absolute atomic E-state index is 0.748. The highest BCUT2D eigenvalue weighted by atomic mass is 15.3. The van der Waals surface area contributed by atoms with E-state index in [9.17, 15) is 0 Å². The molecule has 0 radical (unpaired) electrons. The number of rotatable bonds is 6. The standard InChI is InChI=1S/C15H18N6/c1-20-12-17-18-15(20)7-9-16-11-13-8-10-21(19-13)14-5-3-2-4-6-14/h2-6,8,10,12,16H,7,9,11H2,1H3. The predicted molar refractivity (Wildman–Crippen MR) is 80.0 cm³/mol. The molecular weight excluding hydrogens is 264 g/mol. The Hall–Kier alpha value is -2.47. The summed E-state index contributed by atoms with van der Waals surface area (Å²) >= 11 is 0. The number of benzene rings is 1. The minimum Gasteiger partial charge on any atom is -0.321 e. The molecule has 0 amide bonds. The summed E-state index contributed by atoms with van der Waals surface area (Å²) in [6, 6.07) is 12.1. The lowest BCUT2D eigenvalue weighted by Gasteiger charge is -2.03. The third-order valence-corrected chi connectivity index (χ3v) is 3.30. The Kier molecular flexibility index (Phi) is 4.07. The van der Waals surface area contributed by atoms with Crippen LogP contribution >= 0.6 is 0 Å². The van der Waals surface area contributed by atoms with Crippen LogP contribution in [0.1, 0.15) is 11.5 Å². The van der Waals surface area contributed by atoms with E-state index in [-0.39, 0.29) is 0 Å². The van der Waals surface area contributed by atoms with E-state index in [1.165, 1.54) is 0 Å². The molecule has 1 aromatic carbocycles. The number of nitrogens with one attached hydrogen (secondary N) is 1. The summed E-state index contributed by atoms with van der Waals surface area (Å²) in [6.45, 7) is 1.60. The first-order chi connectivity index (χ1) is 10.3. The van der Waals surface area contributed by atoms with Crippen molar-refractivity contribution in [3.63, 3.8) is 0 Å². The fourth-order valence-corrected chi connectivity index (χ4v) is 2.13. The Balaban J connectivity index is 1.50. The lowest BCUT2D eigenvalue weighted by molar-refractivity contribution is 0.640. The molecular formula is C15H18N6. The van der Waals surface area contributed by atoms with E-state index in [4.69, 9.17) is 0 Å². The van der Waals surface area contributed by atoms with Gasteiger partial charge in [-0.2, -0.15) is 5.10 Å². The molecule has 3 rings (SSSR count). The van der Waals surface area contributed by atoms with Crippen LogP contribution in [-0.4, -0.2) is 31.1 Å². The van der Waals surface area contributed by atoms with Gasteiger partial charge in [-0.3, -0.25) is 0 Å². The molecule has 2 aromatic heterocycles. The Morgan fingerprint density at radius 3 is 2.76 bits per heavy atom. The molecule has 6 nitrogen and oxygen atoms in total. The van der Waals surface area contributed by atoms with Crippen molar-refractivity contribution in [3.05, 3.63) is 60.4 Å². The first kappa shape index (κ1) is 13.5. The number of hydrogen-bond acceptors (Lipinski definition) is 4. The molecule has 108 valence electrons. The lowest BCUT2D eigenvalue weighted by atomic mass is 10.3. The van der Waals surface area contributed by atoms with Crippen molar-refractivity contribution in [1.29, 1.82) is 0 Å². The number of hydrogen-bond donors (Lipinski definition) is 1. The van der Waals surface area contributed by atoms with Gasteiger partial charge in [0, 0.05) is 32.8 Å². The van der Waals surface area contributed by atoms with Crippen molar-refractivity contribution in [2.45, 2.75) is 13.0 Å². The largest absolute Gasteiger partial charge is 0.321 e. The van der Waals surface area contributed by atoms with Gasteiger partial charge in [-0.05, 0) is 18.2 Å². The predicted octanol–water partition coefficient (Wildman–Crippen LogP) is 1.33. The van der Waals surface area contributed by atoms with Crippen LogP contribution in [0.5, 0.6) is 0 Å². The molecule has 0 aliphatic carbocycles. The van der Waals surface area contributed by atoms with Crippen molar-refractivity contribution in [2.75, 3.05) is 6.54 Å². The van der Waals surface area contributed by atoms with Crippen LogP contribution in [0.4, 0.5) is 0 Å². The monoisotopic (exact) mass is 282 g/mol. The second kappa shape index (κ2) is 6.32. The zero-order valence-electron chi connectivity index (χ0n) is 12.0. The van der Waals surface area contributed by atoms with E-state index in [1.54, 1.807) is 6.33 Å². The molecule has 0 saturated carbocycles. The zero-order valence-corrected chi connectivity index (χ0v) is 12.0. The smallest absolute Gasteiger partial charge is 0.133 e. The summed E-state index contributed by atoms with van der Waals surface area (Å²) in [6.07, 6.45) is 4.56. The van der Waals surface area contributed by atoms with Gasteiger partial charge in [-0.15, -0.1) is 10.2 Å². The summed E-state index contributed by atoms with van der Waals surface area (Å²) < 4.78 is 3.82. The highest BCUT2D eigenvalue weighted by molar-refractivity contribution is 5.30. The molecule has 1 N–H and O–H groups in total. The molecule has 0 saturated heterocycles. The van der Waals surface area contributed by atoms with Crippen molar-refractivity contribution in [3.8, 4) is 5.69 Å². The van der Waals surface area contributed by atoms with Gasteiger partial charge in [0.2, 0.25) is 0 Å². The Morgan fingerprint density at radius 2 is 2.00 bits per heavy atom. The van der Waals surface area contributed by atoms with Crippen LogP contribution in [0.2, 0.25) is 0 Å². The van der Waals surface area contributed by atoms with E-state index in [1.807, 2.05) is 58.9 Å². The van der Waals surface area contributed by atoms with Gasteiger partial charge in [0.05, 0.1) is 11.4 Å². The van der Waals surface area contributed by atoms with Crippen molar-refractivity contribution in [2.24, 2.45) is 7.05 Å². The summed E-state index contributed by atoms with van der Waals surface area (Å²) in [4.78, 5) is 0. The number of aryl methyl sites for hydroxylation is 1. The minimum atomic E-state index is 0.748. The Labute approximate surface area is 123 Å². The van der Waals surface area contributed by atoms with Crippen LogP contribution in [-0.2, 0) is 20.0 Å². The van der Waals surface area contributed by atoms with Crippen LogP contribution in [0.3, 0.4) is 0 Å². The van der Waals surface area contributed by atoms with Gasteiger partial charge < -0.3 is 9.88 Å². The lowest BCUT2D eigenvalue weighted by Crippen LogP contribution is -2.18. The fraction of sp³-hybridized carbons (Fsp3) is 0.267. The molecule has 21 heavy (non-hydrogen) atoms. The molecule has 0 fully saturated rings. The highest BCUT2D eigenvalue weighted by Gasteiger charge is 2.02. The molecule has 0 atom stereocenters. The maximum Gasteiger partial charge on any atom is 0.133 e. The SMILES string of the molecule is Cn1cnnc1CCNCc1ccn(-c2ccccc2)n1. The Morgan fingerprint density at radius 1 is 1.14 bits per heavy atom. The second-order valence-corrected chi connectivity index (χ2v) is 4.87. The van der Waals surface area contributed by atoms with Gasteiger partial charge >= 0.3 is 0 Å². The third kappa shape index (κ3) is 3.35. The molecule has 3 aromatic rings. The van der Waals surface area contributed by atoms with E-state index in [0.717, 1.165) is 36.7 Å². The summed E-state index contributed by atoms with van der Waals surface area (Å²) in [5, 5.41) is 15.9. The molecule has 6 heteroatoms. The quantitative estimate of drug-likeness (QED) is 0.693. The van der Waals surface area contributed by atoms with Crippen LogP contribution < -0.4 is 5.32 Å². The number of para-hydroxylation sites is 1. The van der Waals surface area contributed by atoms with Gasteiger partial charge in [-0.1, -0.05) is 18.2 Å². The molecule has 0 aliphatic heterocycles. The fourth-order valence-electron chi connectivity index (χ4n) is 2.13. The van der Waals surface area contributed by atoms with Gasteiger partial charge in [0.25, 0.3) is 0 Å². The topological polar surface area (TPSA) is 60.6 Å². The molecule has 0 unspecified atom stereocenters. The normalized spacial score (nSPS) is 10.9. The average Bonchev–Trinajstić information content (AvgIpc) is 3.14. The first-order valence-corrected chi connectivity index (χ1v) is 6.96. The zero-order chi connectivity index (χ0) is 14.5. The maximum atomic E-state index is 4.55. The second-order valence-electron chi connectivity index (χ2n) is 4.87. The van der Waals surface area contributed by atoms with Crippen LogP contribution in [0.25, 0.3) is 5.69 Å². The van der Waals surface area contributed by atoms with E-state index < -0.39 is 0 Å². The summed E-state index contributed by atoms with van der Waals surface area (Å²) in [7, 11) is 1.96. The van der Waals surface area contributed by atoms with E-state index in [0.29, 0.717) is 0 Å². The van der Waals surface area contributed by atoms with Gasteiger partial charge in [0.15, 0.2) is 0 Å². The van der Waals surface area contributed by atoms with Crippen molar-refractivity contribution >= 4 is 0 Å². The average molecular weight is 282 g/mol. The van der Waals surface area contributed by atoms with Crippen molar-refractivity contribution < 1.29 is 0 Å². The van der Waals surface area contributed by atoms with Gasteiger partial charge in [0.1, 0.15) is 12.2 Å². The number of nitrogens with zero attached hydrogens (tertiary/aromatic N) is 5. The number of aromatic nitrogens is 5. The first-order valence-electron chi connectivity index (χ1n) is 6.96. The van der Waals surface area contributed by atoms with Crippen molar-refractivity contribution in [1.82, 2.24) is 29.9 Å². The molecule has 2 heterocycles. The van der Waals surface area contributed by atoms with Gasteiger partial charge in [-0.25, -0.2) is 4.68 Å². The Bertz CT molecular complexity index is 685. The maximum absolute atomic E-state index is 4.55. The highest BCUT2D eigenvalue weighted by Crippen LogP contribution is 2.06. The van der Waals surface area contributed by atoms with Crippen LogP contribution in [0.15, 0.2) is 48.9 Å².